The van der Waals surface area contributed by atoms with Gasteiger partial charge in [0.2, 0.25) is 0 Å². The molecule has 1 heterocycles. The number of hydrogen-bond donors (Lipinski definition) is 0. The zero-order chi connectivity index (χ0) is 12.4. The van der Waals surface area contributed by atoms with E-state index in [1.165, 1.54) is 6.92 Å². The van der Waals surface area contributed by atoms with Crippen LogP contribution in [-0.2, 0) is 0 Å². The van der Waals surface area contributed by atoms with Crippen LogP contribution in [0.5, 0.6) is 0 Å². The highest BCUT2D eigenvalue weighted by atomic mass is 79.9. The zero-order valence-electron chi connectivity index (χ0n) is 9.57. The van der Waals surface area contributed by atoms with Crippen LogP contribution in [-0.4, -0.2) is 15.8 Å². The molecule has 0 radical (unpaired) electrons. The van der Waals surface area contributed by atoms with Gasteiger partial charge in [0.05, 0.1) is 5.69 Å². The van der Waals surface area contributed by atoms with Gasteiger partial charge < -0.3 is 0 Å². The zero-order valence-corrected chi connectivity index (χ0v) is 11.2. The topological polar surface area (TPSA) is 42.9 Å². The molecule has 0 unspecified atom stereocenters. The van der Waals surface area contributed by atoms with Crippen molar-refractivity contribution in [2.24, 2.45) is 0 Å². The molecule has 0 aliphatic rings. The molecule has 0 saturated carbocycles. The van der Waals surface area contributed by atoms with Crippen LogP contribution in [0.1, 0.15) is 23.2 Å². The normalized spacial score (nSPS) is 10.3. The number of benzene rings is 1. The maximum atomic E-state index is 11.3. The Hall–Kier alpha value is -1.55. The van der Waals surface area contributed by atoms with Crippen molar-refractivity contribution in [1.82, 2.24) is 9.97 Å². The lowest BCUT2D eigenvalue weighted by atomic mass is 10.1. The summed E-state index contributed by atoms with van der Waals surface area (Å²) in [5.41, 5.74) is 2.54. The predicted molar refractivity (Wildman–Crippen MR) is 69.9 cm³/mol. The Kier molecular flexibility index (Phi) is 3.33. The largest absolute Gasteiger partial charge is 0.291 e. The van der Waals surface area contributed by atoms with E-state index in [4.69, 9.17) is 0 Å². The molecule has 0 aliphatic heterocycles. The Morgan fingerprint density at radius 2 is 1.82 bits per heavy atom. The molecule has 2 rings (SSSR count). The summed E-state index contributed by atoms with van der Waals surface area (Å²) in [6.45, 7) is 3.33. The van der Waals surface area contributed by atoms with Crippen molar-refractivity contribution in [3.05, 3.63) is 46.3 Å². The number of nitrogens with zero attached hydrogens (tertiary/aromatic N) is 2. The minimum atomic E-state index is -0.118. The first kappa shape index (κ1) is 11.9. The Labute approximate surface area is 108 Å². The third-order valence-corrected chi connectivity index (χ3v) is 2.84. The summed E-state index contributed by atoms with van der Waals surface area (Å²) < 4.78 is 1.01. The van der Waals surface area contributed by atoms with Gasteiger partial charge in [-0.3, -0.25) is 4.79 Å². The van der Waals surface area contributed by atoms with Crippen LogP contribution in [0.3, 0.4) is 0 Å². The SMILES string of the molecule is CC(=O)c1nc(C)cc(-c2ccc(Br)cc2)n1. The lowest BCUT2D eigenvalue weighted by molar-refractivity contribution is 0.100. The van der Waals surface area contributed by atoms with Gasteiger partial charge in [-0.25, -0.2) is 9.97 Å². The first-order chi connectivity index (χ1) is 8.06. The Morgan fingerprint density at radius 1 is 1.18 bits per heavy atom. The molecule has 0 N–H and O–H groups in total. The average molecular weight is 291 g/mol. The van der Waals surface area contributed by atoms with E-state index in [0.717, 1.165) is 21.4 Å². The molecule has 17 heavy (non-hydrogen) atoms. The fourth-order valence-corrected chi connectivity index (χ4v) is 1.76. The smallest absolute Gasteiger partial charge is 0.196 e. The van der Waals surface area contributed by atoms with Crippen molar-refractivity contribution >= 4 is 21.7 Å². The van der Waals surface area contributed by atoms with Gasteiger partial charge in [-0.1, -0.05) is 28.1 Å². The van der Waals surface area contributed by atoms with Gasteiger partial charge in [-0.15, -0.1) is 0 Å². The molecule has 3 nitrogen and oxygen atoms in total. The van der Waals surface area contributed by atoms with Gasteiger partial charge in [-0.05, 0) is 25.1 Å². The minimum Gasteiger partial charge on any atom is -0.291 e. The summed E-state index contributed by atoms with van der Waals surface area (Å²) in [5.74, 6) is 0.148. The quantitative estimate of drug-likeness (QED) is 0.796. The average Bonchev–Trinajstić information content (AvgIpc) is 2.29. The van der Waals surface area contributed by atoms with E-state index in [-0.39, 0.29) is 11.6 Å². The van der Waals surface area contributed by atoms with Crippen LogP contribution in [0.15, 0.2) is 34.8 Å². The fraction of sp³-hybridized carbons (Fsp3) is 0.154. The van der Waals surface area contributed by atoms with Crippen LogP contribution >= 0.6 is 15.9 Å². The molecule has 0 amide bonds. The van der Waals surface area contributed by atoms with Gasteiger partial charge in [-0.2, -0.15) is 0 Å². The number of Topliss-reactive ketones (excluding diaryl/α,β-unsaturated/α-hetero) is 1. The summed E-state index contributed by atoms with van der Waals surface area (Å²) in [5, 5.41) is 0. The molecule has 0 bridgehead atoms. The summed E-state index contributed by atoms with van der Waals surface area (Å²) in [7, 11) is 0. The summed E-state index contributed by atoms with van der Waals surface area (Å²) in [6, 6.07) is 9.67. The first-order valence-corrected chi connectivity index (χ1v) is 5.98. The first-order valence-electron chi connectivity index (χ1n) is 5.19. The molecule has 0 aliphatic carbocycles. The summed E-state index contributed by atoms with van der Waals surface area (Å²) >= 11 is 3.38. The van der Waals surface area contributed by atoms with E-state index < -0.39 is 0 Å². The highest BCUT2D eigenvalue weighted by Crippen LogP contribution is 2.20. The monoisotopic (exact) mass is 290 g/mol. The highest BCUT2D eigenvalue weighted by molar-refractivity contribution is 9.10. The molecule has 0 spiro atoms. The lowest BCUT2D eigenvalue weighted by Crippen LogP contribution is -2.03. The van der Waals surface area contributed by atoms with E-state index in [1.807, 2.05) is 37.3 Å². The van der Waals surface area contributed by atoms with Crippen molar-refractivity contribution in [1.29, 1.82) is 0 Å². The second-order valence-electron chi connectivity index (χ2n) is 3.78. The van der Waals surface area contributed by atoms with Gasteiger partial charge in [0, 0.05) is 22.7 Å². The standard InChI is InChI=1S/C13H11BrN2O/c1-8-7-12(16-13(15-8)9(2)17)10-3-5-11(14)6-4-10/h3-7H,1-2H3. The molecule has 4 heteroatoms. The van der Waals surface area contributed by atoms with Crippen molar-refractivity contribution in [2.75, 3.05) is 0 Å². The lowest BCUT2D eigenvalue weighted by Gasteiger charge is -2.04. The van der Waals surface area contributed by atoms with Crippen molar-refractivity contribution < 1.29 is 4.79 Å². The predicted octanol–water partition coefficient (Wildman–Crippen LogP) is 3.42. The maximum Gasteiger partial charge on any atom is 0.196 e. The highest BCUT2D eigenvalue weighted by Gasteiger charge is 2.07. The van der Waals surface area contributed by atoms with Crippen LogP contribution < -0.4 is 0 Å². The molecule has 0 fully saturated rings. The maximum absolute atomic E-state index is 11.3. The van der Waals surface area contributed by atoms with Crippen LogP contribution in [0.2, 0.25) is 0 Å². The molecule has 1 aromatic heterocycles. The Balaban J connectivity index is 2.51. The van der Waals surface area contributed by atoms with E-state index in [9.17, 15) is 4.79 Å². The second kappa shape index (κ2) is 4.75. The molecular weight excluding hydrogens is 280 g/mol. The van der Waals surface area contributed by atoms with Gasteiger partial charge >= 0.3 is 0 Å². The number of aryl methyl sites for hydroxylation is 1. The van der Waals surface area contributed by atoms with Crippen molar-refractivity contribution in [2.45, 2.75) is 13.8 Å². The Morgan fingerprint density at radius 3 is 2.41 bits per heavy atom. The fourth-order valence-electron chi connectivity index (χ4n) is 1.49. The Bertz CT molecular complexity index is 564. The number of hydrogen-bond acceptors (Lipinski definition) is 3. The van der Waals surface area contributed by atoms with E-state index in [1.54, 1.807) is 0 Å². The van der Waals surface area contributed by atoms with Crippen molar-refractivity contribution in [3.63, 3.8) is 0 Å². The van der Waals surface area contributed by atoms with Gasteiger partial charge in [0.15, 0.2) is 11.6 Å². The van der Waals surface area contributed by atoms with Gasteiger partial charge in [0.1, 0.15) is 0 Å². The van der Waals surface area contributed by atoms with Crippen LogP contribution in [0.4, 0.5) is 0 Å². The molecule has 2 aromatic rings. The van der Waals surface area contributed by atoms with E-state index in [0.29, 0.717) is 0 Å². The van der Waals surface area contributed by atoms with E-state index in [2.05, 4.69) is 25.9 Å². The molecule has 1 aromatic carbocycles. The number of aromatic nitrogens is 2. The number of ketones is 1. The van der Waals surface area contributed by atoms with Gasteiger partial charge in [0.25, 0.3) is 0 Å². The summed E-state index contributed by atoms with van der Waals surface area (Å²) in [6.07, 6.45) is 0. The second-order valence-corrected chi connectivity index (χ2v) is 4.70. The number of carbonyl (C=O) groups excluding carboxylic acids is 1. The number of carbonyl (C=O) groups is 1. The number of rotatable bonds is 2. The third kappa shape index (κ3) is 2.77. The van der Waals surface area contributed by atoms with Crippen LogP contribution in [0, 0.1) is 6.92 Å². The molecular formula is C13H11BrN2O. The molecule has 0 saturated heterocycles. The third-order valence-electron chi connectivity index (χ3n) is 2.31. The van der Waals surface area contributed by atoms with Crippen molar-refractivity contribution in [3.8, 4) is 11.3 Å². The number of halogens is 1. The van der Waals surface area contributed by atoms with Crippen LogP contribution in [0.25, 0.3) is 11.3 Å². The minimum absolute atomic E-state index is 0.118. The molecule has 0 atom stereocenters. The molecule has 86 valence electrons. The van der Waals surface area contributed by atoms with E-state index >= 15 is 0 Å². The summed E-state index contributed by atoms with van der Waals surface area (Å²) in [4.78, 5) is 19.7.